The summed E-state index contributed by atoms with van der Waals surface area (Å²) in [7, 11) is 0. The van der Waals surface area contributed by atoms with Crippen LogP contribution in [-0.4, -0.2) is 36.7 Å². The molecule has 1 saturated carbocycles. The van der Waals surface area contributed by atoms with Crippen molar-refractivity contribution < 1.29 is 9.53 Å². The van der Waals surface area contributed by atoms with Crippen molar-refractivity contribution in [3.8, 4) is 5.75 Å². The number of hydrogen-bond acceptors (Lipinski definition) is 3. The number of carbonyl (C=O) groups is 1. The summed E-state index contributed by atoms with van der Waals surface area (Å²) in [6.07, 6.45) is 4.59. The van der Waals surface area contributed by atoms with E-state index >= 15 is 0 Å². The maximum Gasteiger partial charge on any atom is 0.415 e. The van der Waals surface area contributed by atoms with Crippen LogP contribution in [0.3, 0.4) is 0 Å². The molecule has 2 aliphatic rings. The Hall–Kier alpha value is -1.55. The van der Waals surface area contributed by atoms with Crippen LogP contribution >= 0.6 is 0 Å². The SMILES string of the molecule is O=C(Oc1ccccc1)N1CCC(NCC2CC2)CC1. The van der Waals surface area contributed by atoms with E-state index in [0.29, 0.717) is 11.8 Å². The normalized spacial score (nSPS) is 19.9. The third-order valence-electron chi connectivity index (χ3n) is 4.09. The van der Waals surface area contributed by atoms with Crippen LogP contribution in [0.2, 0.25) is 0 Å². The highest BCUT2D eigenvalue weighted by molar-refractivity contribution is 5.70. The van der Waals surface area contributed by atoms with Gasteiger partial charge in [-0.2, -0.15) is 0 Å². The molecule has 0 unspecified atom stereocenters. The second-order valence-electron chi connectivity index (χ2n) is 5.79. The fourth-order valence-corrected chi connectivity index (χ4v) is 2.58. The van der Waals surface area contributed by atoms with Crippen LogP contribution in [0.1, 0.15) is 25.7 Å². The summed E-state index contributed by atoms with van der Waals surface area (Å²) in [5.41, 5.74) is 0. The van der Waals surface area contributed by atoms with E-state index in [1.807, 2.05) is 35.2 Å². The number of carbonyl (C=O) groups excluding carboxylic acids is 1. The minimum Gasteiger partial charge on any atom is -0.410 e. The Labute approximate surface area is 120 Å². The first-order valence-electron chi connectivity index (χ1n) is 7.56. The van der Waals surface area contributed by atoms with Gasteiger partial charge in [0.1, 0.15) is 5.75 Å². The van der Waals surface area contributed by atoms with E-state index in [4.69, 9.17) is 4.74 Å². The lowest BCUT2D eigenvalue weighted by Crippen LogP contribution is -2.46. The molecule has 1 heterocycles. The van der Waals surface area contributed by atoms with Gasteiger partial charge in [-0.05, 0) is 50.3 Å². The minimum absolute atomic E-state index is 0.225. The summed E-state index contributed by atoms with van der Waals surface area (Å²) in [6.45, 7) is 2.72. The fourth-order valence-electron chi connectivity index (χ4n) is 2.58. The Morgan fingerprint density at radius 2 is 1.85 bits per heavy atom. The second kappa shape index (κ2) is 6.27. The molecule has 1 amide bonds. The lowest BCUT2D eigenvalue weighted by molar-refractivity contribution is 0.135. The summed E-state index contributed by atoms with van der Waals surface area (Å²) in [5.74, 6) is 1.53. The number of amides is 1. The van der Waals surface area contributed by atoms with Gasteiger partial charge in [0.25, 0.3) is 0 Å². The Bertz CT molecular complexity index is 437. The molecule has 2 fully saturated rings. The number of para-hydroxylation sites is 1. The van der Waals surface area contributed by atoms with Crippen molar-refractivity contribution in [3.05, 3.63) is 30.3 Å². The van der Waals surface area contributed by atoms with Crippen molar-refractivity contribution in [2.45, 2.75) is 31.7 Å². The largest absolute Gasteiger partial charge is 0.415 e. The van der Waals surface area contributed by atoms with Gasteiger partial charge in [0.05, 0.1) is 0 Å². The standard InChI is InChI=1S/C16H22N2O2/c19-16(20-15-4-2-1-3-5-15)18-10-8-14(9-11-18)17-12-13-6-7-13/h1-5,13-14,17H,6-12H2. The molecule has 1 aromatic rings. The predicted molar refractivity (Wildman–Crippen MR) is 77.8 cm³/mol. The molecule has 0 aromatic heterocycles. The van der Waals surface area contributed by atoms with E-state index in [2.05, 4.69) is 5.32 Å². The first-order chi connectivity index (χ1) is 9.81. The molecule has 1 N–H and O–H groups in total. The van der Waals surface area contributed by atoms with Gasteiger partial charge in [0.15, 0.2) is 0 Å². The van der Waals surface area contributed by atoms with E-state index < -0.39 is 0 Å². The maximum absolute atomic E-state index is 12.0. The number of likely N-dealkylation sites (tertiary alicyclic amines) is 1. The van der Waals surface area contributed by atoms with Gasteiger partial charge in [0.2, 0.25) is 0 Å². The lowest BCUT2D eigenvalue weighted by Gasteiger charge is -2.31. The molecule has 0 radical (unpaired) electrons. The number of benzene rings is 1. The maximum atomic E-state index is 12.0. The summed E-state index contributed by atoms with van der Waals surface area (Å²) in [5, 5.41) is 3.61. The number of rotatable bonds is 4. The van der Waals surface area contributed by atoms with Crippen molar-refractivity contribution in [1.29, 1.82) is 0 Å². The Kier molecular flexibility index (Phi) is 4.21. The summed E-state index contributed by atoms with van der Waals surface area (Å²) in [4.78, 5) is 13.8. The first-order valence-corrected chi connectivity index (χ1v) is 7.56. The molecule has 1 aliphatic carbocycles. The van der Waals surface area contributed by atoms with E-state index in [9.17, 15) is 4.79 Å². The zero-order chi connectivity index (χ0) is 13.8. The van der Waals surface area contributed by atoms with Crippen molar-refractivity contribution in [3.63, 3.8) is 0 Å². The number of hydrogen-bond donors (Lipinski definition) is 1. The molecule has 108 valence electrons. The summed E-state index contributed by atoms with van der Waals surface area (Å²) < 4.78 is 5.36. The average Bonchev–Trinajstić information content (AvgIpc) is 3.31. The highest BCUT2D eigenvalue weighted by Crippen LogP contribution is 2.28. The highest BCUT2D eigenvalue weighted by atomic mass is 16.6. The number of nitrogens with one attached hydrogen (secondary N) is 1. The van der Waals surface area contributed by atoms with Gasteiger partial charge in [-0.3, -0.25) is 0 Å². The molecule has 0 spiro atoms. The van der Waals surface area contributed by atoms with Gasteiger partial charge in [-0.1, -0.05) is 18.2 Å². The second-order valence-corrected chi connectivity index (χ2v) is 5.79. The van der Waals surface area contributed by atoms with Gasteiger partial charge >= 0.3 is 6.09 Å². The van der Waals surface area contributed by atoms with Crippen LogP contribution in [0, 0.1) is 5.92 Å². The average molecular weight is 274 g/mol. The molecule has 1 saturated heterocycles. The molecule has 1 aromatic carbocycles. The van der Waals surface area contributed by atoms with Crippen LogP contribution in [0.5, 0.6) is 5.75 Å². The number of piperidine rings is 1. The molecule has 4 nitrogen and oxygen atoms in total. The Morgan fingerprint density at radius 1 is 1.15 bits per heavy atom. The molecule has 20 heavy (non-hydrogen) atoms. The van der Waals surface area contributed by atoms with Crippen molar-refractivity contribution in [1.82, 2.24) is 10.2 Å². The van der Waals surface area contributed by atoms with E-state index in [0.717, 1.165) is 38.4 Å². The molecular weight excluding hydrogens is 252 g/mol. The highest BCUT2D eigenvalue weighted by Gasteiger charge is 2.26. The summed E-state index contributed by atoms with van der Waals surface area (Å²) >= 11 is 0. The van der Waals surface area contributed by atoms with Crippen LogP contribution < -0.4 is 10.1 Å². The topological polar surface area (TPSA) is 41.6 Å². The monoisotopic (exact) mass is 274 g/mol. The zero-order valence-electron chi connectivity index (χ0n) is 11.8. The van der Waals surface area contributed by atoms with Crippen LogP contribution in [0.25, 0.3) is 0 Å². The zero-order valence-corrected chi connectivity index (χ0v) is 11.8. The Balaban J connectivity index is 1.41. The van der Waals surface area contributed by atoms with Crippen LogP contribution in [0.4, 0.5) is 4.79 Å². The summed E-state index contributed by atoms with van der Waals surface area (Å²) in [6, 6.07) is 9.84. The van der Waals surface area contributed by atoms with E-state index in [-0.39, 0.29) is 6.09 Å². The van der Waals surface area contributed by atoms with Gasteiger partial charge in [0, 0.05) is 19.1 Å². The molecule has 4 heteroatoms. The van der Waals surface area contributed by atoms with E-state index in [1.54, 1.807) is 0 Å². The van der Waals surface area contributed by atoms with Gasteiger partial charge in [-0.15, -0.1) is 0 Å². The first kappa shape index (κ1) is 13.4. The predicted octanol–water partition coefficient (Wildman–Crippen LogP) is 2.65. The number of ether oxygens (including phenoxy) is 1. The molecule has 3 rings (SSSR count). The van der Waals surface area contributed by atoms with Crippen LogP contribution in [0.15, 0.2) is 30.3 Å². The molecule has 0 atom stereocenters. The van der Waals surface area contributed by atoms with Crippen LogP contribution in [-0.2, 0) is 0 Å². The van der Waals surface area contributed by atoms with E-state index in [1.165, 1.54) is 12.8 Å². The smallest absolute Gasteiger partial charge is 0.410 e. The van der Waals surface area contributed by atoms with Crippen molar-refractivity contribution in [2.75, 3.05) is 19.6 Å². The quantitative estimate of drug-likeness (QED) is 0.917. The van der Waals surface area contributed by atoms with Crippen molar-refractivity contribution >= 4 is 6.09 Å². The molecule has 1 aliphatic heterocycles. The molecular formula is C16H22N2O2. The third-order valence-corrected chi connectivity index (χ3v) is 4.09. The number of nitrogens with zero attached hydrogens (tertiary/aromatic N) is 1. The van der Waals surface area contributed by atoms with Crippen molar-refractivity contribution in [2.24, 2.45) is 5.92 Å². The lowest BCUT2D eigenvalue weighted by atomic mass is 10.1. The fraction of sp³-hybridized carbons (Fsp3) is 0.562. The third kappa shape index (κ3) is 3.73. The van der Waals surface area contributed by atoms with Gasteiger partial charge < -0.3 is 15.0 Å². The Morgan fingerprint density at radius 3 is 2.50 bits per heavy atom. The minimum atomic E-state index is -0.225. The van der Waals surface area contributed by atoms with Gasteiger partial charge in [-0.25, -0.2) is 4.79 Å². The molecule has 0 bridgehead atoms.